The van der Waals surface area contributed by atoms with Gasteiger partial charge in [0.1, 0.15) is 54.9 Å². The van der Waals surface area contributed by atoms with Crippen LogP contribution in [0.15, 0.2) is 0 Å². The van der Waals surface area contributed by atoms with Crippen molar-refractivity contribution in [1.82, 2.24) is 0 Å². The van der Waals surface area contributed by atoms with Gasteiger partial charge in [-0.3, -0.25) is 0 Å². The number of rotatable bonds is 7. The van der Waals surface area contributed by atoms with Crippen LogP contribution in [0.2, 0.25) is 0 Å². The van der Waals surface area contributed by atoms with E-state index in [-0.39, 0.29) is 18.4 Å². The van der Waals surface area contributed by atoms with E-state index in [1.165, 1.54) is 0 Å². The van der Waals surface area contributed by atoms with Crippen LogP contribution in [0.1, 0.15) is 20.8 Å². The summed E-state index contributed by atoms with van der Waals surface area (Å²) in [5, 5.41) is 82.4. The van der Waals surface area contributed by atoms with E-state index in [2.05, 4.69) is 0 Å². The molecule has 3 fully saturated rings. The van der Waals surface area contributed by atoms with Gasteiger partial charge in [0.15, 0.2) is 12.6 Å². The van der Waals surface area contributed by atoms with Crippen LogP contribution in [-0.4, -0.2) is 140 Å². The highest BCUT2D eigenvalue weighted by molar-refractivity contribution is 4.97. The lowest BCUT2D eigenvalue weighted by Gasteiger charge is -2.48. The average molecular weight is 499 g/mol. The second kappa shape index (κ2) is 11.7. The molecule has 3 aliphatic heterocycles. The van der Waals surface area contributed by atoms with Crippen LogP contribution >= 0.6 is 0 Å². The van der Waals surface area contributed by atoms with Gasteiger partial charge in [0, 0.05) is 5.92 Å². The highest BCUT2D eigenvalue weighted by atomic mass is 16.7. The molecule has 0 amide bonds. The summed E-state index contributed by atoms with van der Waals surface area (Å²) in [6, 6.07) is 0. The van der Waals surface area contributed by atoms with Gasteiger partial charge in [0.25, 0.3) is 0 Å². The Labute approximate surface area is 197 Å². The molecule has 14 atom stereocenters. The van der Waals surface area contributed by atoms with Crippen LogP contribution < -0.4 is 0 Å². The number of aliphatic hydroxyl groups is 8. The monoisotopic (exact) mass is 498 g/mol. The van der Waals surface area contributed by atoms with Gasteiger partial charge in [-0.15, -0.1) is 0 Å². The van der Waals surface area contributed by atoms with Gasteiger partial charge in [0.2, 0.25) is 0 Å². The fourth-order valence-corrected chi connectivity index (χ4v) is 4.53. The lowest BCUT2D eigenvalue weighted by atomic mass is 9.89. The van der Waals surface area contributed by atoms with Crippen LogP contribution in [-0.2, 0) is 23.7 Å². The number of ether oxygens (including phenoxy) is 5. The van der Waals surface area contributed by atoms with Crippen molar-refractivity contribution in [1.29, 1.82) is 0 Å². The third-order valence-corrected chi connectivity index (χ3v) is 6.70. The van der Waals surface area contributed by atoms with Crippen molar-refractivity contribution in [2.75, 3.05) is 19.8 Å². The normalized spacial score (nSPS) is 50.5. The van der Waals surface area contributed by atoms with Crippen LogP contribution in [0.3, 0.4) is 0 Å². The van der Waals surface area contributed by atoms with Gasteiger partial charge in [-0.2, -0.15) is 0 Å². The summed E-state index contributed by atoms with van der Waals surface area (Å²) in [4.78, 5) is 0. The molecule has 13 heteroatoms. The minimum absolute atomic E-state index is 0.0559. The van der Waals surface area contributed by atoms with E-state index in [0.29, 0.717) is 0 Å². The lowest BCUT2D eigenvalue weighted by molar-refractivity contribution is -0.366. The fourth-order valence-electron chi connectivity index (χ4n) is 4.53. The predicted molar refractivity (Wildman–Crippen MR) is 111 cm³/mol. The van der Waals surface area contributed by atoms with E-state index in [0.717, 1.165) is 0 Å². The molecule has 8 N–H and O–H groups in total. The summed E-state index contributed by atoms with van der Waals surface area (Å²) in [6.07, 6.45) is -17.7. The lowest BCUT2D eigenvalue weighted by Crippen LogP contribution is -2.66. The van der Waals surface area contributed by atoms with Crippen molar-refractivity contribution in [3.63, 3.8) is 0 Å². The molecule has 3 aliphatic rings. The topological polar surface area (TPSA) is 208 Å². The third kappa shape index (κ3) is 5.57. The number of aliphatic hydroxyl groups excluding tert-OH is 8. The molecular weight excluding hydrogens is 460 g/mol. The zero-order valence-corrected chi connectivity index (χ0v) is 19.4. The number of hydrogen-bond donors (Lipinski definition) is 8. The maximum atomic E-state index is 10.9. The minimum Gasteiger partial charge on any atom is -0.394 e. The molecule has 3 saturated heterocycles. The van der Waals surface area contributed by atoms with Crippen molar-refractivity contribution in [3.8, 4) is 0 Å². The molecule has 3 rings (SSSR count). The number of hydrogen-bond acceptors (Lipinski definition) is 13. The summed E-state index contributed by atoms with van der Waals surface area (Å²) in [6.45, 7) is 4.02. The molecule has 34 heavy (non-hydrogen) atoms. The van der Waals surface area contributed by atoms with E-state index in [1.54, 1.807) is 20.8 Å². The van der Waals surface area contributed by atoms with E-state index in [9.17, 15) is 40.9 Å². The predicted octanol–water partition coefficient (Wildman–Crippen LogP) is -3.95. The SMILES string of the molecule is CC(C)[C@@H]1O[C@H](CO)[C@H](O[C@H]2O[C@H](CO)[C@@H](O)[C@H](OC3OC[C@@H](C)[C@H](O)[C@H]3O)[C@H]2O)[C@H](O)[C@H]1O. The molecule has 0 radical (unpaired) electrons. The summed E-state index contributed by atoms with van der Waals surface area (Å²) in [5.41, 5.74) is 0. The van der Waals surface area contributed by atoms with Gasteiger partial charge in [-0.1, -0.05) is 20.8 Å². The van der Waals surface area contributed by atoms with Crippen molar-refractivity contribution in [3.05, 3.63) is 0 Å². The van der Waals surface area contributed by atoms with Crippen LogP contribution in [0.5, 0.6) is 0 Å². The first-order valence-electron chi connectivity index (χ1n) is 11.5. The Morgan fingerprint density at radius 2 is 1.32 bits per heavy atom. The van der Waals surface area contributed by atoms with Crippen LogP contribution in [0.4, 0.5) is 0 Å². The molecule has 0 aliphatic carbocycles. The first-order valence-corrected chi connectivity index (χ1v) is 11.5. The smallest absolute Gasteiger partial charge is 0.187 e. The van der Waals surface area contributed by atoms with E-state index in [1.807, 2.05) is 0 Å². The van der Waals surface area contributed by atoms with Crippen molar-refractivity contribution in [2.45, 2.75) is 100 Å². The molecular formula is C21H38O13. The Morgan fingerprint density at radius 1 is 0.706 bits per heavy atom. The average Bonchev–Trinajstić information content (AvgIpc) is 2.80. The van der Waals surface area contributed by atoms with Crippen LogP contribution in [0.25, 0.3) is 0 Å². The van der Waals surface area contributed by atoms with Gasteiger partial charge in [-0.05, 0) is 5.92 Å². The molecule has 3 heterocycles. The maximum absolute atomic E-state index is 10.9. The molecule has 0 aromatic carbocycles. The zero-order chi connectivity index (χ0) is 25.3. The molecule has 0 aromatic heterocycles. The van der Waals surface area contributed by atoms with E-state index >= 15 is 0 Å². The summed E-state index contributed by atoms with van der Waals surface area (Å²) in [5.74, 6) is -0.548. The van der Waals surface area contributed by atoms with Crippen molar-refractivity contribution < 1.29 is 64.5 Å². The Hall–Kier alpha value is -0.520. The molecule has 0 spiro atoms. The van der Waals surface area contributed by atoms with Gasteiger partial charge >= 0.3 is 0 Å². The largest absolute Gasteiger partial charge is 0.394 e. The second-order valence-corrected chi connectivity index (χ2v) is 9.62. The van der Waals surface area contributed by atoms with E-state index < -0.39 is 92.9 Å². The molecule has 0 bridgehead atoms. The Balaban J connectivity index is 1.76. The maximum Gasteiger partial charge on any atom is 0.187 e. The molecule has 200 valence electrons. The standard InChI is InChI=1S/C21H38O13/c1-7(2)17-13(26)14(27)18(10(5-23)31-17)33-21-16(29)19(12(25)9(4-22)32-21)34-20-15(28)11(24)8(3)6-30-20/h7-29H,4-6H2,1-3H3/t8-,9-,10-,11+,12-,13-,14-,15-,16-,17+,18+,19+,20?,21-/m1/s1. The van der Waals surface area contributed by atoms with Crippen molar-refractivity contribution >= 4 is 0 Å². The molecule has 0 aromatic rings. The van der Waals surface area contributed by atoms with E-state index in [4.69, 9.17) is 23.7 Å². The fraction of sp³-hybridized carbons (Fsp3) is 1.00. The molecule has 0 saturated carbocycles. The summed E-state index contributed by atoms with van der Waals surface area (Å²) in [7, 11) is 0. The quantitative estimate of drug-likeness (QED) is 0.169. The zero-order valence-electron chi connectivity index (χ0n) is 19.4. The van der Waals surface area contributed by atoms with Gasteiger partial charge < -0.3 is 64.5 Å². The third-order valence-electron chi connectivity index (χ3n) is 6.70. The first kappa shape index (κ1) is 28.1. The van der Waals surface area contributed by atoms with Crippen molar-refractivity contribution in [2.24, 2.45) is 11.8 Å². The second-order valence-electron chi connectivity index (χ2n) is 9.62. The highest BCUT2D eigenvalue weighted by Gasteiger charge is 2.52. The van der Waals surface area contributed by atoms with Gasteiger partial charge in [0.05, 0.1) is 32.0 Å². The summed E-state index contributed by atoms with van der Waals surface area (Å²) >= 11 is 0. The minimum atomic E-state index is -1.71. The summed E-state index contributed by atoms with van der Waals surface area (Å²) < 4.78 is 27.9. The molecule has 13 nitrogen and oxygen atoms in total. The molecule has 1 unspecified atom stereocenters. The Morgan fingerprint density at radius 3 is 1.91 bits per heavy atom. The first-order chi connectivity index (χ1) is 16.0. The van der Waals surface area contributed by atoms with Crippen LogP contribution in [0, 0.1) is 11.8 Å². The Kier molecular flexibility index (Phi) is 9.64. The Bertz CT molecular complexity index is 636. The highest BCUT2D eigenvalue weighted by Crippen LogP contribution is 2.33. The van der Waals surface area contributed by atoms with Gasteiger partial charge in [-0.25, -0.2) is 0 Å².